The van der Waals surface area contributed by atoms with Gasteiger partial charge in [0.05, 0.1) is 42.4 Å². The van der Waals surface area contributed by atoms with Crippen LogP contribution in [0.3, 0.4) is 0 Å². The molecule has 0 fully saturated rings. The molecule has 2 aliphatic heterocycles. The topological polar surface area (TPSA) is 137 Å². The fourth-order valence-corrected chi connectivity index (χ4v) is 5.13. The molecule has 4 heterocycles. The number of ether oxygens (including phenoxy) is 2. The number of aliphatic hydroxyl groups is 1. The Labute approximate surface area is 199 Å². The third kappa shape index (κ3) is 3.51. The molecule has 0 spiro atoms. The van der Waals surface area contributed by atoms with Crippen molar-refractivity contribution in [1.29, 1.82) is 0 Å². The standard InChI is InChI=1S/C23H22FN3O7S/c1-4-23(30)15-6-18-20-13(9-27(18)21(28)14(15)10-34-22(23)29)12(8-25-35(3,31)32)11-5-19(33-2)16(24)7-17(11)26-20/h5-7,25,30H,4,8-10H2,1-3H3/t23-/m0/s1. The SMILES string of the molecule is CC[C@@]1(O)C(=O)OCc2c1cc1n(c2=O)Cc2c-1nc1cc(F)c(OC)cc1c2CNS(C)(=O)=O. The summed E-state index contributed by atoms with van der Waals surface area (Å²) in [6.07, 6.45) is 1.01. The van der Waals surface area contributed by atoms with E-state index in [0.29, 0.717) is 27.9 Å². The van der Waals surface area contributed by atoms with Crippen molar-refractivity contribution in [3.05, 3.63) is 56.6 Å². The summed E-state index contributed by atoms with van der Waals surface area (Å²) in [5.74, 6) is -1.53. The molecule has 2 N–H and O–H groups in total. The highest BCUT2D eigenvalue weighted by Crippen LogP contribution is 2.41. The minimum Gasteiger partial charge on any atom is -0.494 e. The Kier molecular flexibility index (Phi) is 5.24. The van der Waals surface area contributed by atoms with E-state index in [9.17, 15) is 27.5 Å². The lowest BCUT2D eigenvalue weighted by Crippen LogP contribution is -2.44. The molecule has 0 aliphatic carbocycles. The second-order valence-electron chi connectivity index (χ2n) is 8.62. The lowest BCUT2D eigenvalue weighted by molar-refractivity contribution is -0.172. The molecule has 1 aromatic carbocycles. The number of nitrogens with zero attached hydrogens (tertiary/aromatic N) is 2. The Morgan fingerprint density at radius 3 is 2.69 bits per heavy atom. The number of cyclic esters (lactones) is 1. The number of nitrogens with one attached hydrogen (secondary N) is 1. The van der Waals surface area contributed by atoms with E-state index in [0.717, 1.165) is 6.26 Å². The van der Waals surface area contributed by atoms with Gasteiger partial charge in [0.2, 0.25) is 10.0 Å². The molecule has 10 nitrogen and oxygen atoms in total. The summed E-state index contributed by atoms with van der Waals surface area (Å²) in [6, 6.07) is 4.16. The van der Waals surface area contributed by atoms with E-state index in [1.54, 1.807) is 13.0 Å². The summed E-state index contributed by atoms with van der Waals surface area (Å²) in [4.78, 5) is 30.4. The van der Waals surface area contributed by atoms with Gasteiger partial charge >= 0.3 is 5.97 Å². The summed E-state index contributed by atoms with van der Waals surface area (Å²) in [7, 11) is -2.26. The van der Waals surface area contributed by atoms with Gasteiger partial charge in [0.15, 0.2) is 17.2 Å². The number of sulfonamides is 1. The predicted molar refractivity (Wildman–Crippen MR) is 123 cm³/mol. The zero-order valence-corrected chi connectivity index (χ0v) is 20.0. The van der Waals surface area contributed by atoms with Crippen molar-refractivity contribution in [2.24, 2.45) is 0 Å². The fraction of sp³-hybridized carbons (Fsp3) is 0.348. The smallest absolute Gasteiger partial charge is 0.343 e. The lowest BCUT2D eigenvalue weighted by atomic mass is 9.86. The Morgan fingerprint density at radius 2 is 2.03 bits per heavy atom. The zero-order chi connectivity index (χ0) is 25.3. The van der Waals surface area contributed by atoms with Crippen molar-refractivity contribution < 1.29 is 32.2 Å². The van der Waals surface area contributed by atoms with Crippen LogP contribution < -0.4 is 15.0 Å². The van der Waals surface area contributed by atoms with Crippen LogP contribution in [0.15, 0.2) is 23.0 Å². The first-order chi connectivity index (χ1) is 16.5. The highest BCUT2D eigenvalue weighted by Gasteiger charge is 2.45. The van der Waals surface area contributed by atoms with Gasteiger partial charge in [-0.15, -0.1) is 0 Å². The first kappa shape index (κ1) is 23.4. The zero-order valence-electron chi connectivity index (χ0n) is 19.1. The van der Waals surface area contributed by atoms with Gasteiger partial charge in [0, 0.05) is 29.1 Å². The molecule has 2 aliphatic rings. The lowest BCUT2D eigenvalue weighted by Gasteiger charge is -2.31. The maximum Gasteiger partial charge on any atom is 0.343 e. The molecule has 0 amide bonds. The van der Waals surface area contributed by atoms with Gasteiger partial charge < -0.3 is 19.1 Å². The molecule has 0 saturated carbocycles. The van der Waals surface area contributed by atoms with Crippen LogP contribution in [0.4, 0.5) is 4.39 Å². The van der Waals surface area contributed by atoms with Gasteiger partial charge in [0.25, 0.3) is 5.56 Å². The number of rotatable bonds is 5. The first-order valence-corrected chi connectivity index (χ1v) is 12.7. The number of carbonyl (C=O) groups excluding carboxylic acids is 1. The molecule has 0 radical (unpaired) electrons. The maximum atomic E-state index is 14.5. The first-order valence-electron chi connectivity index (χ1n) is 10.8. The number of hydrogen-bond donors (Lipinski definition) is 2. The molecule has 35 heavy (non-hydrogen) atoms. The van der Waals surface area contributed by atoms with Crippen LogP contribution in [0.5, 0.6) is 5.75 Å². The number of aromatic nitrogens is 2. The van der Waals surface area contributed by atoms with Crippen molar-refractivity contribution >= 4 is 26.9 Å². The molecule has 0 bridgehead atoms. The van der Waals surface area contributed by atoms with Crippen LogP contribution in [-0.2, 0) is 44.9 Å². The van der Waals surface area contributed by atoms with Crippen molar-refractivity contribution in [1.82, 2.24) is 14.3 Å². The fourth-order valence-electron chi connectivity index (χ4n) is 4.73. The number of esters is 1. The summed E-state index contributed by atoms with van der Waals surface area (Å²) >= 11 is 0. The summed E-state index contributed by atoms with van der Waals surface area (Å²) < 4.78 is 52.3. The highest BCUT2D eigenvalue weighted by atomic mass is 32.2. The van der Waals surface area contributed by atoms with E-state index in [2.05, 4.69) is 9.71 Å². The van der Waals surface area contributed by atoms with Crippen LogP contribution in [-0.4, -0.2) is 42.4 Å². The van der Waals surface area contributed by atoms with Gasteiger partial charge in [-0.25, -0.2) is 27.3 Å². The maximum absolute atomic E-state index is 14.5. The molecular formula is C23H22FN3O7S. The van der Waals surface area contributed by atoms with E-state index in [-0.39, 0.29) is 48.5 Å². The molecule has 1 atom stereocenters. The molecule has 12 heteroatoms. The summed E-state index contributed by atoms with van der Waals surface area (Å²) in [5.41, 5.74) is -0.142. The molecular weight excluding hydrogens is 481 g/mol. The molecule has 5 rings (SSSR count). The van der Waals surface area contributed by atoms with Crippen LogP contribution in [0.25, 0.3) is 22.3 Å². The van der Waals surface area contributed by atoms with Gasteiger partial charge in [-0.2, -0.15) is 0 Å². The van der Waals surface area contributed by atoms with Gasteiger partial charge in [-0.3, -0.25) is 4.79 Å². The quantitative estimate of drug-likeness (QED) is 0.389. The van der Waals surface area contributed by atoms with Gasteiger partial charge in [-0.05, 0) is 24.1 Å². The highest BCUT2D eigenvalue weighted by molar-refractivity contribution is 7.88. The third-order valence-corrected chi connectivity index (χ3v) is 7.26. The monoisotopic (exact) mass is 503 g/mol. The normalized spacial score (nSPS) is 18.7. The van der Waals surface area contributed by atoms with Crippen LogP contribution in [0, 0.1) is 5.82 Å². The van der Waals surface area contributed by atoms with E-state index < -0.39 is 33.0 Å². The average molecular weight is 504 g/mol. The number of halogens is 1. The van der Waals surface area contributed by atoms with Crippen molar-refractivity contribution in [2.45, 2.75) is 38.6 Å². The number of hydrogen-bond acceptors (Lipinski definition) is 8. The van der Waals surface area contributed by atoms with Crippen LogP contribution >= 0.6 is 0 Å². The third-order valence-electron chi connectivity index (χ3n) is 6.59. The number of carbonyl (C=O) groups is 1. The number of benzene rings is 1. The molecule has 184 valence electrons. The Hall–Kier alpha value is -3.35. The van der Waals surface area contributed by atoms with Crippen molar-refractivity contribution in [2.75, 3.05) is 13.4 Å². The molecule has 0 unspecified atom stereocenters. The predicted octanol–water partition coefficient (Wildman–Crippen LogP) is 1.28. The molecule has 0 saturated heterocycles. The van der Waals surface area contributed by atoms with Crippen LogP contribution in [0.2, 0.25) is 0 Å². The minimum atomic E-state index is -3.58. The van der Waals surface area contributed by atoms with E-state index >= 15 is 0 Å². The second-order valence-corrected chi connectivity index (χ2v) is 10.5. The number of pyridine rings is 2. The minimum absolute atomic E-state index is 0.00569. The summed E-state index contributed by atoms with van der Waals surface area (Å²) in [5, 5.41) is 11.5. The van der Waals surface area contributed by atoms with Crippen LogP contribution in [0.1, 0.15) is 35.6 Å². The number of methoxy groups -OCH3 is 1. The largest absolute Gasteiger partial charge is 0.494 e. The van der Waals surface area contributed by atoms with Crippen molar-refractivity contribution in [3.8, 4) is 17.1 Å². The molecule has 3 aromatic rings. The van der Waals surface area contributed by atoms with E-state index in [1.807, 2.05) is 0 Å². The van der Waals surface area contributed by atoms with Gasteiger partial charge in [-0.1, -0.05) is 6.92 Å². The van der Waals surface area contributed by atoms with Crippen molar-refractivity contribution in [3.63, 3.8) is 0 Å². The Morgan fingerprint density at radius 1 is 1.29 bits per heavy atom. The average Bonchev–Trinajstić information content (AvgIpc) is 3.17. The summed E-state index contributed by atoms with van der Waals surface area (Å²) in [6.45, 7) is 1.27. The number of fused-ring (bicyclic) bond motifs is 5. The van der Waals surface area contributed by atoms with E-state index in [4.69, 9.17) is 9.47 Å². The Bertz CT molecular complexity index is 1600. The Balaban J connectivity index is 1.81. The van der Waals surface area contributed by atoms with E-state index in [1.165, 1.54) is 23.8 Å². The molecule has 2 aromatic heterocycles. The second kappa shape index (κ2) is 7.83. The van der Waals surface area contributed by atoms with Gasteiger partial charge in [0.1, 0.15) is 6.61 Å².